The molecule has 1 aliphatic heterocycles. The van der Waals surface area contributed by atoms with Gasteiger partial charge < -0.3 is 14.8 Å². The Balaban J connectivity index is 1.28. The molecular formula is C24H34N6S. The molecule has 0 radical (unpaired) electrons. The van der Waals surface area contributed by atoms with Crippen molar-refractivity contribution in [3.8, 4) is 0 Å². The average Bonchev–Trinajstić information content (AvgIpc) is 3.49. The van der Waals surface area contributed by atoms with E-state index in [-0.39, 0.29) is 0 Å². The lowest BCUT2D eigenvalue weighted by Crippen LogP contribution is -2.43. The lowest BCUT2D eigenvalue weighted by molar-refractivity contribution is 0.437. The topological polar surface area (TPSA) is 58.3 Å². The van der Waals surface area contributed by atoms with Crippen LogP contribution in [0.2, 0.25) is 0 Å². The van der Waals surface area contributed by atoms with Crippen LogP contribution < -0.4 is 5.32 Å². The smallest absolute Gasteiger partial charge is 0.193 e. The number of aryl methyl sites for hydroxylation is 1. The van der Waals surface area contributed by atoms with E-state index in [1.165, 1.54) is 36.8 Å². The van der Waals surface area contributed by atoms with E-state index in [1.807, 2.05) is 7.05 Å². The second-order valence-corrected chi connectivity index (χ2v) is 9.05. The first-order chi connectivity index (χ1) is 15.3. The summed E-state index contributed by atoms with van der Waals surface area (Å²) in [4.78, 5) is 6.85. The molecule has 2 heterocycles. The molecule has 0 spiro atoms. The summed E-state index contributed by atoms with van der Waals surface area (Å²) in [5, 5.41) is 13.6. The van der Waals surface area contributed by atoms with Gasteiger partial charge in [0.25, 0.3) is 0 Å². The molecular weight excluding hydrogens is 404 g/mol. The zero-order chi connectivity index (χ0) is 21.5. The number of guanidine groups is 1. The number of hydrogen-bond donors (Lipinski definition) is 1. The van der Waals surface area contributed by atoms with Gasteiger partial charge in [-0.15, -0.1) is 10.2 Å². The zero-order valence-corrected chi connectivity index (χ0v) is 19.6. The van der Waals surface area contributed by atoms with Crippen LogP contribution in [-0.4, -0.2) is 58.6 Å². The normalized spacial score (nSPS) is 17.8. The maximum absolute atomic E-state index is 4.52. The largest absolute Gasteiger partial charge is 0.356 e. The molecule has 166 valence electrons. The van der Waals surface area contributed by atoms with Crippen LogP contribution in [0.1, 0.15) is 56.0 Å². The van der Waals surface area contributed by atoms with E-state index in [9.17, 15) is 0 Å². The molecule has 0 amide bonds. The molecule has 1 aromatic carbocycles. The molecule has 1 aliphatic carbocycles. The summed E-state index contributed by atoms with van der Waals surface area (Å²) in [6.45, 7) is 2.79. The summed E-state index contributed by atoms with van der Waals surface area (Å²) in [5.74, 6) is 2.13. The van der Waals surface area contributed by atoms with Gasteiger partial charge in [-0.3, -0.25) is 4.99 Å². The van der Waals surface area contributed by atoms with Crippen LogP contribution in [-0.2, 0) is 6.42 Å². The number of nitrogens with one attached hydrogen (secondary N) is 1. The molecule has 0 atom stereocenters. The Hall–Kier alpha value is -2.28. The first-order valence-corrected chi connectivity index (χ1v) is 12.7. The third-order valence-corrected chi connectivity index (χ3v) is 6.98. The highest BCUT2D eigenvalue weighted by molar-refractivity contribution is 7.98. The van der Waals surface area contributed by atoms with Crippen molar-refractivity contribution in [3.05, 3.63) is 47.8 Å². The van der Waals surface area contributed by atoms with Gasteiger partial charge in [0.05, 0.1) is 0 Å². The maximum atomic E-state index is 4.52. The molecule has 0 unspecified atom stereocenters. The standard InChI is InChI=1S/C24H34N6S/c1-25-23(29-17-14-20(15-18-29)19-9-4-3-5-10-19)26-16-8-13-22-27-28-24(31-2)30(22)21-11-6-7-12-21/h3-5,9-10,14,21H,6-8,11-13,15-18H2,1-2H3,(H,25,26). The highest BCUT2D eigenvalue weighted by atomic mass is 32.2. The fourth-order valence-electron chi connectivity index (χ4n) is 4.70. The SMILES string of the molecule is CN=C(NCCCc1nnc(SC)n1C1CCCC1)N1CC=C(c2ccccc2)CC1. The minimum absolute atomic E-state index is 0.590. The summed E-state index contributed by atoms with van der Waals surface area (Å²) >= 11 is 1.71. The lowest BCUT2D eigenvalue weighted by atomic mass is 10.00. The Morgan fingerprint density at radius 2 is 2.00 bits per heavy atom. The van der Waals surface area contributed by atoms with Gasteiger partial charge in [0.1, 0.15) is 5.82 Å². The van der Waals surface area contributed by atoms with Crippen molar-refractivity contribution in [2.45, 2.75) is 56.1 Å². The predicted molar refractivity (Wildman–Crippen MR) is 130 cm³/mol. The Kier molecular flexibility index (Phi) is 7.67. The van der Waals surface area contributed by atoms with Crippen LogP contribution in [0.4, 0.5) is 0 Å². The van der Waals surface area contributed by atoms with E-state index in [4.69, 9.17) is 0 Å². The Morgan fingerprint density at radius 1 is 1.19 bits per heavy atom. The summed E-state index contributed by atoms with van der Waals surface area (Å²) in [7, 11) is 1.88. The summed E-state index contributed by atoms with van der Waals surface area (Å²) in [5.41, 5.74) is 2.77. The second-order valence-electron chi connectivity index (χ2n) is 8.28. The Morgan fingerprint density at radius 3 is 2.68 bits per heavy atom. The first-order valence-electron chi connectivity index (χ1n) is 11.5. The fraction of sp³-hybridized carbons (Fsp3) is 0.542. The van der Waals surface area contributed by atoms with Crippen molar-refractivity contribution in [1.29, 1.82) is 0 Å². The van der Waals surface area contributed by atoms with Crippen LogP contribution in [0.15, 0.2) is 46.6 Å². The van der Waals surface area contributed by atoms with Gasteiger partial charge >= 0.3 is 0 Å². The quantitative estimate of drug-likeness (QED) is 0.300. The van der Waals surface area contributed by atoms with Crippen LogP contribution in [0.3, 0.4) is 0 Å². The molecule has 6 nitrogen and oxygen atoms in total. The van der Waals surface area contributed by atoms with Gasteiger partial charge in [0, 0.05) is 39.1 Å². The highest BCUT2D eigenvalue weighted by Crippen LogP contribution is 2.33. The summed E-state index contributed by atoms with van der Waals surface area (Å²) in [6, 6.07) is 11.3. The summed E-state index contributed by atoms with van der Waals surface area (Å²) in [6.07, 6.45) is 12.6. The van der Waals surface area contributed by atoms with Gasteiger partial charge in [-0.25, -0.2) is 0 Å². The number of nitrogens with zero attached hydrogens (tertiary/aromatic N) is 5. The minimum atomic E-state index is 0.590. The molecule has 7 heteroatoms. The molecule has 31 heavy (non-hydrogen) atoms. The van der Waals surface area contributed by atoms with E-state index in [2.05, 4.69) is 72.6 Å². The Labute approximate surface area is 190 Å². The second kappa shape index (κ2) is 10.8. The molecule has 1 saturated carbocycles. The third-order valence-electron chi connectivity index (χ3n) is 6.33. The first kappa shape index (κ1) is 21.9. The molecule has 0 bridgehead atoms. The minimum Gasteiger partial charge on any atom is -0.356 e. The van der Waals surface area contributed by atoms with Crippen molar-refractivity contribution in [3.63, 3.8) is 0 Å². The highest BCUT2D eigenvalue weighted by Gasteiger charge is 2.23. The van der Waals surface area contributed by atoms with E-state index < -0.39 is 0 Å². The number of thioether (sulfide) groups is 1. The van der Waals surface area contributed by atoms with Crippen LogP contribution in [0, 0.1) is 0 Å². The zero-order valence-electron chi connectivity index (χ0n) is 18.8. The fourth-order valence-corrected chi connectivity index (χ4v) is 5.27. The molecule has 1 aromatic heterocycles. The molecule has 2 aromatic rings. The van der Waals surface area contributed by atoms with E-state index in [1.54, 1.807) is 11.8 Å². The number of rotatable bonds is 7. The number of aliphatic imine (C=N–C) groups is 1. The predicted octanol–water partition coefficient (Wildman–Crippen LogP) is 4.41. The Bertz CT molecular complexity index is 898. The van der Waals surface area contributed by atoms with E-state index in [0.717, 1.165) is 55.8 Å². The van der Waals surface area contributed by atoms with E-state index in [0.29, 0.717) is 6.04 Å². The van der Waals surface area contributed by atoms with Crippen LogP contribution >= 0.6 is 11.8 Å². The maximum Gasteiger partial charge on any atom is 0.193 e. The van der Waals surface area contributed by atoms with Crippen molar-refractivity contribution < 1.29 is 0 Å². The molecule has 4 rings (SSSR count). The van der Waals surface area contributed by atoms with Crippen LogP contribution in [0.25, 0.3) is 5.57 Å². The van der Waals surface area contributed by atoms with Gasteiger partial charge in [-0.2, -0.15) is 0 Å². The van der Waals surface area contributed by atoms with Crippen molar-refractivity contribution >= 4 is 23.3 Å². The van der Waals surface area contributed by atoms with Gasteiger partial charge in [0.2, 0.25) is 0 Å². The van der Waals surface area contributed by atoms with Gasteiger partial charge in [-0.1, -0.05) is 61.0 Å². The number of benzene rings is 1. The van der Waals surface area contributed by atoms with Gasteiger partial charge in [-0.05, 0) is 43.1 Å². The van der Waals surface area contributed by atoms with Crippen molar-refractivity contribution in [2.24, 2.45) is 4.99 Å². The molecule has 1 N–H and O–H groups in total. The number of hydrogen-bond acceptors (Lipinski definition) is 4. The molecule has 0 saturated heterocycles. The van der Waals surface area contributed by atoms with E-state index >= 15 is 0 Å². The van der Waals surface area contributed by atoms with Crippen molar-refractivity contribution in [2.75, 3.05) is 32.9 Å². The molecule has 1 fully saturated rings. The lowest BCUT2D eigenvalue weighted by Gasteiger charge is -2.29. The van der Waals surface area contributed by atoms with Crippen molar-refractivity contribution in [1.82, 2.24) is 25.0 Å². The monoisotopic (exact) mass is 438 g/mol. The number of aromatic nitrogens is 3. The molecule has 2 aliphatic rings. The van der Waals surface area contributed by atoms with Gasteiger partial charge in [0.15, 0.2) is 11.1 Å². The average molecular weight is 439 g/mol. The third kappa shape index (κ3) is 5.32. The van der Waals surface area contributed by atoms with Crippen LogP contribution in [0.5, 0.6) is 0 Å². The summed E-state index contributed by atoms with van der Waals surface area (Å²) < 4.78 is 2.41.